The minimum absolute atomic E-state index is 0.358. The molecule has 1 saturated heterocycles. The van der Waals surface area contributed by atoms with E-state index in [2.05, 4.69) is 12.2 Å². The Kier molecular flexibility index (Phi) is 2.59. The topological polar surface area (TPSA) is 12.0 Å². The van der Waals surface area contributed by atoms with Gasteiger partial charge in [-0.25, -0.2) is 4.39 Å². The molecule has 0 radical (unpaired) electrons. The lowest BCUT2D eigenvalue weighted by Crippen LogP contribution is -2.61. The van der Waals surface area contributed by atoms with Gasteiger partial charge in [0.1, 0.15) is 5.67 Å². The lowest BCUT2D eigenvalue weighted by atomic mass is 9.71. The van der Waals surface area contributed by atoms with Gasteiger partial charge in [0.25, 0.3) is 0 Å². The van der Waals surface area contributed by atoms with Gasteiger partial charge in [-0.15, -0.1) is 0 Å². The van der Waals surface area contributed by atoms with Gasteiger partial charge in [0.05, 0.1) is 0 Å². The summed E-state index contributed by atoms with van der Waals surface area (Å²) >= 11 is 0. The summed E-state index contributed by atoms with van der Waals surface area (Å²) in [6, 6.07) is 0. The zero-order valence-electron chi connectivity index (χ0n) is 8.48. The minimum atomic E-state index is -0.835. The predicted molar refractivity (Wildman–Crippen MR) is 52.4 cm³/mol. The average molecular weight is 185 g/mol. The van der Waals surface area contributed by atoms with Crippen LogP contribution in [0, 0.1) is 11.8 Å². The molecule has 2 fully saturated rings. The summed E-state index contributed by atoms with van der Waals surface area (Å²) in [6.45, 7) is 3.46. The van der Waals surface area contributed by atoms with E-state index >= 15 is 0 Å². The third kappa shape index (κ3) is 1.74. The van der Waals surface area contributed by atoms with Crippen molar-refractivity contribution in [3.63, 3.8) is 0 Å². The van der Waals surface area contributed by atoms with E-state index in [4.69, 9.17) is 0 Å². The van der Waals surface area contributed by atoms with Crippen molar-refractivity contribution in [2.45, 2.75) is 44.7 Å². The van der Waals surface area contributed by atoms with Crippen LogP contribution in [-0.4, -0.2) is 18.8 Å². The van der Waals surface area contributed by atoms with E-state index in [0.29, 0.717) is 19.0 Å². The van der Waals surface area contributed by atoms with Gasteiger partial charge in [-0.2, -0.15) is 0 Å². The highest BCUT2D eigenvalue weighted by Gasteiger charge is 2.45. The van der Waals surface area contributed by atoms with Gasteiger partial charge in [0, 0.05) is 13.1 Å². The van der Waals surface area contributed by atoms with E-state index in [1.807, 2.05) is 0 Å². The molecule has 0 aromatic rings. The summed E-state index contributed by atoms with van der Waals surface area (Å²) in [6.07, 6.45) is 6.04. The quantitative estimate of drug-likeness (QED) is 0.697. The highest BCUT2D eigenvalue weighted by Crippen LogP contribution is 2.40. The fraction of sp³-hybridized carbons (Fsp3) is 1.00. The van der Waals surface area contributed by atoms with Crippen LogP contribution < -0.4 is 5.32 Å². The fourth-order valence-corrected chi connectivity index (χ4v) is 2.74. The molecule has 1 nitrogen and oxygen atoms in total. The maximum atomic E-state index is 14.0. The highest BCUT2D eigenvalue weighted by molar-refractivity contribution is 4.99. The van der Waals surface area contributed by atoms with Crippen LogP contribution in [0.3, 0.4) is 0 Å². The zero-order valence-corrected chi connectivity index (χ0v) is 8.48. The van der Waals surface area contributed by atoms with Crippen LogP contribution in [0.25, 0.3) is 0 Å². The number of rotatable bonds is 2. The second-order valence-corrected chi connectivity index (χ2v) is 4.76. The molecule has 1 saturated carbocycles. The maximum Gasteiger partial charge on any atom is 0.138 e. The molecule has 1 aliphatic heterocycles. The van der Waals surface area contributed by atoms with Crippen molar-refractivity contribution in [3.05, 3.63) is 0 Å². The van der Waals surface area contributed by atoms with Crippen LogP contribution in [-0.2, 0) is 0 Å². The molecule has 13 heavy (non-hydrogen) atoms. The molecule has 0 spiro atoms. The smallest absolute Gasteiger partial charge is 0.138 e. The molecule has 2 heteroatoms. The van der Waals surface area contributed by atoms with Crippen LogP contribution in [0.2, 0.25) is 0 Å². The first kappa shape index (κ1) is 9.45. The number of hydrogen-bond donors (Lipinski definition) is 1. The largest absolute Gasteiger partial charge is 0.310 e. The standard InChI is InChI=1S/C11H20FN/c1-2-9-3-5-10(6-4-9)11(12)7-13-8-11/h9-10,13H,2-8H2,1H3. The van der Waals surface area contributed by atoms with E-state index in [-0.39, 0.29) is 0 Å². The summed E-state index contributed by atoms with van der Waals surface area (Å²) in [5, 5.41) is 3.05. The maximum absolute atomic E-state index is 14.0. The first-order chi connectivity index (χ1) is 6.24. The van der Waals surface area contributed by atoms with E-state index in [9.17, 15) is 4.39 Å². The molecule has 76 valence electrons. The zero-order chi connectivity index (χ0) is 9.31. The molecule has 0 atom stereocenters. The predicted octanol–water partition coefficient (Wildman–Crippen LogP) is 2.51. The number of halogens is 1. The van der Waals surface area contributed by atoms with Crippen molar-refractivity contribution < 1.29 is 4.39 Å². The average Bonchev–Trinajstić information content (AvgIpc) is 2.14. The van der Waals surface area contributed by atoms with E-state index in [0.717, 1.165) is 18.8 Å². The molecule has 0 aromatic carbocycles. The van der Waals surface area contributed by atoms with Gasteiger partial charge in [0.2, 0.25) is 0 Å². The molecule has 1 heterocycles. The van der Waals surface area contributed by atoms with Crippen molar-refractivity contribution in [1.82, 2.24) is 5.32 Å². The molecule has 0 aromatic heterocycles. The van der Waals surface area contributed by atoms with Crippen molar-refractivity contribution in [1.29, 1.82) is 0 Å². The number of nitrogens with one attached hydrogen (secondary N) is 1. The summed E-state index contributed by atoms with van der Waals surface area (Å²) < 4.78 is 14.0. The van der Waals surface area contributed by atoms with Gasteiger partial charge >= 0.3 is 0 Å². The highest BCUT2D eigenvalue weighted by atomic mass is 19.1. The molecular formula is C11H20FN. The van der Waals surface area contributed by atoms with Crippen LogP contribution in [0.1, 0.15) is 39.0 Å². The summed E-state index contributed by atoms with van der Waals surface area (Å²) in [7, 11) is 0. The SMILES string of the molecule is CCC1CCC(C2(F)CNC2)CC1. The molecule has 2 aliphatic rings. The summed E-state index contributed by atoms with van der Waals surface area (Å²) in [5.41, 5.74) is -0.835. The lowest BCUT2D eigenvalue weighted by Gasteiger charge is -2.44. The second kappa shape index (κ2) is 3.56. The Balaban J connectivity index is 1.84. The van der Waals surface area contributed by atoms with Crippen molar-refractivity contribution >= 4 is 0 Å². The minimum Gasteiger partial charge on any atom is -0.310 e. The Labute approximate surface area is 80.1 Å². The first-order valence-electron chi connectivity index (χ1n) is 5.64. The fourth-order valence-electron chi connectivity index (χ4n) is 2.74. The second-order valence-electron chi connectivity index (χ2n) is 4.76. The number of hydrogen-bond acceptors (Lipinski definition) is 1. The van der Waals surface area contributed by atoms with Gasteiger partial charge in [-0.3, -0.25) is 0 Å². The summed E-state index contributed by atoms with van der Waals surface area (Å²) in [5.74, 6) is 1.24. The third-order valence-corrected chi connectivity index (χ3v) is 3.99. The Morgan fingerprint density at radius 2 is 1.85 bits per heavy atom. The lowest BCUT2D eigenvalue weighted by molar-refractivity contribution is -0.00114. The van der Waals surface area contributed by atoms with Gasteiger partial charge in [0.15, 0.2) is 0 Å². The van der Waals surface area contributed by atoms with Crippen LogP contribution in [0.4, 0.5) is 4.39 Å². The van der Waals surface area contributed by atoms with Gasteiger partial charge in [-0.1, -0.05) is 26.2 Å². The van der Waals surface area contributed by atoms with E-state index in [1.54, 1.807) is 0 Å². The Morgan fingerprint density at radius 1 is 1.23 bits per heavy atom. The van der Waals surface area contributed by atoms with Crippen LogP contribution >= 0.6 is 0 Å². The van der Waals surface area contributed by atoms with E-state index < -0.39 is 5.67 Å². The Morgan fingerprint density at radius 3 is 2.23 bits per heavy atom. The molecule has 0 amide bonds. The first-order valence-corrected chi connectivity index (χ1v) is 5.64. The monoisotopic (exact) mass is 185 g/mol. The molecule has 0 unspecified atom stereocenters. The molecule has 2 rings (SSSR count). The molecule has 1 N–H and O–H groups in total. The van der Waals surface area contributed by atoms with Gasteiger partial charge in [-0.05, 0) is 24.7 Å². The third-order valence-electron chi connectivity index (χ3n) is 3.99. The van der Waals surface area contributed by atoms with E-state index in [1.165, 1.54) is 19.3 Å². The molecule has 1 aliphatic carbocycles. The molecule has 0 bridgehead atoms. The normalized spacial score (nSPS) is 38.3. The van der Waals surface area contributed by atoms with Crippen molar-refractivity contribution in [3.8, 4) is 0 Å². The van der Waals surface area contributed by atoms with Crippen molar-refractivity contribution in [2.75, 3.05) is 13.1 Å². The summed E-state index contributed by atoms with van der Waals surface area (Å²) in [4.78, 5) is 0. The van der Waals surface area contributed by atoms with Gasteiger partial charge < -0.3 is 5.32 Å². The Bertz CT molecular complexity index is 169. The Hall–Kier alpha value is -0.110. The number of alkyl halides is 1. The van der Waals surface area contributed by atoms with Crippen LogP contribution in [0.15, 0.2) is 0 Å². The van der Waals surface area contributed by atoms with Crippen molar-refractivity contribution in [2.24, 2.45) is 11.8 Å². The van der Waals surface area contributed by atoms with Crippen LogP contribution in [0.5, 0.6) is 0 Å². The molecular weight excluding hydrogens is 165 g/mol.